The summed E-state index contributed by atoms with van der Waals surface area (Å²) in [5.41, 5.74) is 2.32. The number of hydrogen-bond acceptors (Lipinski definition) is 4. The number of nitriles is 1. The Balaban J connectivity index is 1.51. The first-order valence-corrected chi connectivity index (χ1v) is 10.00. The van der Waals surface area contributed by atoms with Crippen molar-refractivity contribution in [3.05, 3.63) is 65.2 Å². The summed E-state index contributed by atoms with van der Waals surface area (Å²) in [7, 11) is 0. The molecule has 4 aliphatic rings. The predicted octanol–water partition coefficient (Wildman–Crippen LogP) is 2.97. The van der Waals surface area contributed by atoms with Crippen LogP contribution in [0.25, 0.3) is 0 Å². The number of aromatic hydroxyl groups is 1. The molecule has 5 heteroatoms. The van der Waals surface area contributed by atoms with Crippen molar-refractivity contribution in [1.29, 1.82) is 5.26 Å². The van der Waals surface area contributed by atoms with Crippen LogP contribution in [0.5, 0.6) is 5.75 Å². The third-order valence-corrected chi connectivity index (χ3v) is 6.81. The number of benzene rings is 2. The molecule has 4 aliphatic heterocycles. The van der Waals surface area contributed by atoms with E-state index in [9.17, 15) is 9.90 Å². The molecule has 0 saturated carbocycles. The van der Waals surface area contributed by atoms with E-state index in [0.29, 0.717) is 29.6 Å². The zero-order chi connectivity index (χ0) is 19.3. The molecule has 0 spiro atoms. The molecular formula is C23H23N3O2. The quantitative estimate of drug-likeness (QED) is 0.879. The van der Waals surface area contributed by atoms with Crippen LogP contribution in [0, 0.1) is 17.2 Å². The molecule has 2 aromatic rings. The Morgan fingerprint density at radius 1 is 1.07 bits per heavy atom. The van der Waals surface area contributed by atoms with E-state index in [-0.39, 0.29) is 23.6 Å². The lowest BCUT2D eigenvalue weighted by Gasteiger charge is -2.51. The molecule has 142 valence electrons. The standard InChI is InChI=1S/C23H23N3O2/c24-13-15-4-6-17(7-5-15)23(28)26-14-20(18-2-1-3-19(27)12-18)22-21(26)16-8-10-25(22)11-9-16/h1-7,12,16,20-22,27H,8-11,14H2/t20-,21+,22+/m1/s1. The number of carbonyl (C=O) groups is 1. The van der Waals surface area contributed by atoms with Gasteiger partial charge in [0.05, 0.1) is 17.7 Å². The molecule has 0 radical (unpaired) electrons. The molecule has 0 aliphatic carbocycles. The minimum atomic E-state index is 0.0518. The molecular weight excluding hydrogens is 350 g/mol. The van der Waals surface area contributed by atoms with Gasteiger partial charge in [-0.1, -0.05) is 12.1 Å². The summed E-state index contributed by atoms with van der Waals surface area (Å²) in [6.45, 7) is 2.87. The first-order valence-electron chi connectivity index (χ1n) is 10.00. The second-order valence-corrected chi connectivity index (χ2v) is 8.20. The highest BCUT2D eigenvalue weighted by atomic mass is 16.3. The van der Waals surface area contributed by atoms with Crippen LogP contribution in [-0.4, -0.2) is 52.5 Å². The highest BCUT2D eigenvalue weighted by Crippen LogP contribution is 2.47. The highest BCUT2D eigenvalue weighted by molar-refractivity contribution is 5.95. The lowest BCUT2D eigenvalue weighted by atomic mass is 9.75. The third kappa shape index (κ3) is 2.68. The van der Waals surface area contributed by atoms with Crippen LogP contribution in [0.15, 0.2) is 48.5 Å². The van der Waals surface area contributed by atoms with Gasteiger partial charge in [0.25, 0.3) is 5.91 Å². The maximum atomic E-state index is 13.4. The van der Waals surface area contributed by atoms with E-state index in [4.69, 9.17) is 5.26 Å². The van der Waals surface area contributed by atoms with Crippen molar-refractivity contribution in [3.63, 3.8) is 0 Å². The number of rotatable bonds is 2. The van der Waals surface area contributed by atoms with Crippen molar-refractivity contribution in [3.8, 4) is 11.8 Å². The van der Waals surface area contributed by atoms with Crippen LogP contribution in [0.3, 0.4) is 0 Å². The summed E-state index contributed by atoms with van der Waals surface area (Å²) in [5.74, 6) is 1.08. The Labute approximate surface area is 164 Å². The maximum absolute atomic E-state index is 13.4. The van der Waals surface area contributed by atoms with Crippen molar-refractivity contribution in [1.82, 2.24) is 9.80 Å². The third-order valence-electron chi connectivity index (χ3n) is 6.81. The van der Waals surface area contributed by atoms with Crippen LogP contribution in [0.2, 0.25) is 0 Å². The number of phenolic OH excluding ortho intramolecular Hbond substituents is 1. The fraction of sp³-hybridized carbons (Fsp3) is 0.391. The Morgan fingerprint density at radius 3 is 2.50 bits per heavy atom. The van der Waals surface area contributed by atoms with Crippen LogP contribution < -0.4 is 0 Å². The Morgan fingerprint density at radius 2 is 1.82 bits per heavy atom. The molecule has 4 fully saturated rings. The summed E-state index contributed by atoms with van der Waals surface area (Å²) in [6.07, 6.45) is 2.29. The molecule has 6 rings (SSSR count). The second kappa shape index (κ2) is 6.65. The van der Waals surface area contributed by atoms with Crippen molar-refractivity contribution in [2.45, 2.75) is 30.8 Å². The Bertz CT molecular complexity index is 941. The zero-order valence-corrected chi connectivity index (χ0v) is 15.7. The van der Waals surface area contributed by atoms with Gasteiger partial charge in [0.2, 0.25) is 0 Å². The number of piperidine rings is 3. The van der Waals surface area contributed by atoms with Gasteiger partial charge < -0.3 is 10.0 Å². The molecule has 3 atom stereocenters. The van der Waals surface area contributed by atoms with Gasteiger partial charge in [0.1, 0.15) is 5.75 Å². The Hall–Kier alpha value is -2.84. The fourth-order valence-corrected chi connectivity index (χ4v) is 5.56. The average Bonchev–Trinajstić information content (AvgIpc) is 3.17. The summed E-state index contributed by atoms with van der Waals surface area (Å²) < 4.78 is 0. The molecule has 5 nitrogen and oxygen atoms in total. The molecule has 4 heterocycles. The molecule has 28 heavy (non-hydrogen) atoms. The number of carbonyl (C=O) groups excluding carboxylic acids is 1. The lowest BCUT2D eigenvalue weighted by molar-refractivity contribution is -0.00341. The minimum Gasteiger partial charge on any atom is -0.508 e. The zero-order valence-electron chi connectivity index (χ0n) is 15.7. The average molecular weight is 373 g/mol. The van der Waals surface area contributed by atoms with Crippen LogP contribution in [0.4, 0.5) is 0 Å². The Kier molecular flexibility index (Phi) is 4.10. The van der Waals surface area contributed by atoms with Gasteiger partial charge in [0.15, 0.2) is 0 Å². The number of hydrogen-bond donors (Lipinski definition) is 1. The summed E-state index contributed by atoms with van der Waals surface area (Å²) in [4.78, 5) is 18.0. The van der Waals surface area contributed by atoms with Gasteiger partial charge >= 0.3 is 0 Å². The van der Waals surface area contributed by atoms with Crippen molar-refractivity contribution in [2.24, 2.45) is 5.92 Å². The van der Waals surface area contributed by atoms with Gasteiger partial charge in [-0.2, -0.15) is 5.26 Å². The fourth-order valence-electron chi connectivity index (χ4n) is 5.56. The molecule has 1 N–H and O–H groups in total. The number of nitrogens with zero attached hydrogens (tertiary/aromatic N) is 3. The highest BCUT2D eigenvalue weighted by Gasteiger charge is 2.54. The van der Waals surface area contributed by atoms with Gasteiger partial charge in [-0.3, -0.25) is 9.69 Å². The largest absolute Gasteiger partial charge is 0.508 e. The molecule has 1 amide bonds. The van der Waals surface area contributed by atoms with E-state index in [1.54, 1.807) is 30.3 Å². The van der Waals surface area contributed by atoms with Gasteiger partial charge in [-0.25, -0.2) is 0 Å². The molecule has 2 bridgehead atoms. The first-order chi connectivity index (χ1) is 13.7. The van der Waals surface area contributed by atoms with Gasteiger partial charge in [-0.05, 0) is 73.8 Å². The van der Waals surface area contributed by atoms with Crippen molar-refractivity contribution in [2.75, 3.05) is 19.6 Å². The number of fused-ring (bicyclic) bond motifs is 2. The summed E-state index contributed by atoms with van der Waals surface area (Å²) in [5, 5.41) is 19.0. The number of amides is 1. The summed E-state index contributed by atoms with van der Waals surface area (Å²) in [6, 6.07) is 17.1. The topological polar surface area (TPSA) is 67.6 Å². The number of phenols is 1. The monoisotopic (exact) mass is 373 g/mol. The predicted molar refractivity (Wildman–Crippen MR) is 105 cm³/mol. The van der Waals surface area contributed by atoms with Gasteiger partial charge in [-0.15, -0.1) is 0 Å². The SMILES string of the molecule is N#Cc1ccc(C(=O)N2C[C@H](c3cccc(O)c3)[C@H]3[C@@H]2C2CCN3CC2)cc1. The van der Waals surface area contributed by atoms with Crippen LogP contribution in [0.1, 0.15) is 40.2 Å². The molecule has 4 saturated heterocycles. The second-order valence-electron chi connectivity index (χ2n) is 8.20. The van der Waals surface area contributed by atoms with E-state index >= 15 is 0 Å². The molecule has 2 aromatic carbocycles. The van der Waals surface area contributed by atoms with E-state index in [1.807, 2.05) is 12.1 Å². The lowest BCUT2D eigenvalue weighted by Crippen LogP contribution is -2.60. The maximum Gasteiger partial charge on any atom is 0.254 e. The van der Waals surface area contributed by atoms with E-state index in [1.165, 1.54) is 0 Å². The normalized spacial score (nSPS) is 30.7. The smallest absolute Gasteiger partial charge is 0.254 e. The molecule has 0 aromatic heterocycles. The molecule has 0 unspecified atom stereocenters. The van der Waals surface area contributed by atoms with E-state index in [2.05, 4.69) is 21.9 Å². The minimum absolute atomic E-state index is 0.0518. The van der Waals surface area contributed by atoms with Crippen molar-refractivity contribution < 1.29 is 9.90 Å². The van der Waals surface area contributed by atoms with Crippen LogP contribution >= 0.6 is 0 Å². The van der Waals surface area contributed by atoms with Crippen LogP contribution in [-0.2, 0) is 0 Å². The summed E-state index contributed by atoms with van der Waals surface area (Å²) >= 11 is 0. The van der Waals surface area contributed by atoms with Crippen molar-refractivity contribution >= 4 is 5.91 Å². The van der Waals surface area contributed by atoms with E-state index in [0.717, 1.165) is 31.5 Å². The van der Waals surface area contributed by atoms with Gasteiger partial charge in [0, 0.05) is 24.1 Å². The number of likely N-dealkylation sites (tertiary alicyclic amines) is 1. The van der Waals surface area contributed by atoms with E-state index < -0.39 is 0 Å². The first kappa shape index (κ1) is 17.3.